The fourth-order valence-corrected chi connectivity index (χ4v) is 3.77. The van der Waals surface area contributed by atoms with Crippen molar-refractivity contribution in [2.75, 3.05) is 6.54 Å². The number of carbonyl (C=O) groups excluding carboxylic acids is 1. The van der Waals surface area contributed by atoms with Crippen molar-refractivity contribution in [3.63, 3.8) is 0 Å². The molecular weight excluding hydrogens is 426 g/mol. The zero-order chi connectivity index (χ0) is 20.6. The summed E-state index contributed by atoms with van der Waals surface area (Å²) in [5, 5.41) is 3.04. The Morgan fingerprint density at radius 3 is 2.66 bits per heavy atom. The van der Waals surface area contributed by atoms with Crippen LogP contribution in [0.1, 0.15) is 36.2 Å². The van der Waals surface area contributed by atoms with Gasteiger partial charge in [-0.2, -0.15) is 0 Å². The molecule has 0 unspecified atom stereocenters. The Kier molecular flexibility index (Phi) is 7.64. The number of halogens is 1. The van der Waals surface area contributed by atoms with Gasteiger partial charge in [0.25, 0.3) is 0 Å². The van der Waals surface area contributed by atoms with Gasteiger partial charge in [0.1, 0.15) is 5.82 Å². The Hall–Kier alpha value is -2.40. The van der Waals surface area contributed by atoms with Crippen molar-refractivity contribution < 1.29 is 4.79 Å². The van der Waals surface area contributed by atoms with E-state index in [9.17, 15) is 4.79 Å². The second-order valence-corrected chi connectivity index (χ2v) is 8.51. The number of benzene rings is 2. The van der Waals surface area contributed by atoms with Crippen LogP contribution in [0.2, 0.25) is 0 Å². The van der Waals surface area contributed by atoms with Gasteiger partial charge in [-0.25, -0.2) is 4.98 Å². The molecule has 0 bridgehead atoms. The largest absolute Gasteiger partial charge is 0.356 e. The van der Waals surface area contributed by atoms with Crippen molar-refractivity contribution >= 4 is 32.9 Å². The average Bonchev–Trinajstić information content (AvgIpc) is 3.03. The first-order valence-corrected chi connectivity index (χ1v) is 10.9. The summed E-state index contributed by atoms with van der Waals surface area (Å²) in [5.41, 5.74) is 4.43. The highest BCUT2D eigenvalue weighted by Gasteiger charge is 2.10. The number of unbranched alkanes of at least 4 members (excludes halogenated alkanes) is 2. The van der Waals surface area contributed by atoms with Crippen molar-refractivity contribution in [3.05, 3.63) is 76.5 Å². The average molecular weight is 454 g/mol. The predicted octanol–water partition coefficient (Wildman–Crippen LogP) is 5.33. The number of amides is 1. The SMILES string of the molecule is C=C(Br)Cn1c(CCCCCNC(=O)Cc2ccccc2C)nc2ccccc21. The number of allylic oxidation sites excluding steroid dienone is 1. The first-order chi connectivity index (χ1) is 14.0. The quantitative estimate of drug-likeness (QED) is 0.421. The number of para-hydroxylation sites is 2. The van der Waals surface area contributed by atoms with E-state index in [0.717, 1.165) is 71.2 Å². The van der Waals surface area contributed by atoms with Gasteiger partial charge in [0.15, 0.2) is 0 Å². The minimum atomic E-state index is 0.0944. The summed E-state index contributed by atoms with van der Waals surface area (Å²) >= 11 is 3.48. The van der Waals surface area contributed by atoms with E-state index in [1.165, 1.54) is 0 Å². The molecule has 5 heteroatoms. The molecule has 0 saturated heterocycles. The molecule has 0 fully saturated rings. The molecule has 2 aromatic carbocycles. The topological polar surface area (TPSA) is 46.9 Å². The Labute approximate surface area is 181 Å². The van der Waals surface area contributed by atoms with Gasteiger partial charge in [0.2, 0.25) is 5.91 Å². The molecule has 3 rings (SSSR count). The second-order valence-electron chi connectivity index (χ2n) is 7.38. The summed E-state index contributed by atoms with van der Waals surface area (Å²) in [6.07, 6.45) is 4.46. The molecule has 3 aromatic rings. The molecule has 0 spiro atoms. The maximum absolute atomic E-state index is 12.1. The fraction of sp³-hybridized carbons (Fsp3) is 0.333. The number of aryl methyl sites for hydroxylation is 2. The minimum absolute atomic E-state index is 0.0944. The summed E-state index contributed by atoms with van der Waals surface area (Å²) < 4.78 is 3.18. The molecule has 0 atom stereocenters. The van der Waals surface area contributed by atoms with Crippen molar-refractivity contribution in [1.29, 1.82) is 0 Å². The van der Waals surface area contributed by atoms with Gasteiger partial charge in [-0.1, -0.05) is 65.3 Å². The molecule has 1 amide bonds. The maximum Gasteiger partial charge on any atom is 0.224 e. The third-order valence-electron chi connectivity index (χ3n) is 5.07. The fourth-order valence-electron chi connectivity index (χ4n) is 3.52. The molecule has 0 aliphatic carbocycles. The zero-order valence-corrected chi connectivity index (χ0v) is 18.5. The number of carbonyl (C=O) groups is 1. The van der Waals surface area contributed by atoms with Crippen LogP contribution in [-0.2, 0) is 24.2 Å². The number of nitrogens with one attached hydrogen (secondary N) is 1. The molecule has 152 valence electrons. The first kappa shape index (κ1) is 21.3. The number of fused-ring (bicyclic) bond motifs is 1. The zero-order valence-electron chi connectivity index (χ0n) is 17.0. The van der Waals surface area contributed by atoms with Crippen molar-refractivity contribution in [2.45, 2.75) is 45.6 Å². The third-order valence-corrected chi connectivity index (χ3v) is 5.33. The van der Waals surface area contributed by atoms with E-state index in [1.54, 1.807) is 0 Å². The van der Waals surface area contributed by atoms with Crippen molar-refractivity contribution in [3.8, 4) is 0 Å². The van der Waals surface area contributed by atoms with Crippen LogP contribution < -0.4 is 5.32 Å². The predicted molar refractivity (Wildman–Crippen MR) is 123 cm³/mol. The van der Waals surface area contributed by atoms with Gasteiger partial charge in [-0.3, -0.25) is 4.79 Å². The first-order valence-electron chi connectivity index (χ1n) is 10.1. The summed E-state index contributed by atoms with van der Waals surface area (Å²) in [4.78, 5) is 16.9. The summed E-state index contributed by atoms with van der Waals surface area (Å²) in [5.74, 6) is 1.19. The van der Waals surface area contributed by atoms with E-state index in [-0.39, 0.29) is 5.91 Å². The number of hydrogen-bond donors (Lipinski definition) is 1. The Morgan fingerprint density at radius 1 is 1.10 bits per heavy atom. The molecule has 0 aliphatic heterocycles. The van der Waals surface area contributed by atoms with Gasteiger partial charge in [-0.15, -0.1) is 0 Å². The number of aromatic nitrogens is 2. The van der Waals surface area contributed by atoms with Crippen molar-refractivity contribution in [2.24, 2.45) is 0 Å². The van der Waals surface area contributed by atoms with Crippen LogP contribution in [0.25, 0.3) is 11.0 Å². The van der Waals surface area contributed by atoms with Crippen LogP contribution in [0.3, 0.4) is 0 Å². The van der Waals surface area contributed by atoms with Gasteiger partial charge in [0, 0.05) is 17.4 Å². The second kappa shape index (κ2) is 10.4. The standard InChI is InChI=1S/C24H28BrN3O/c1-18-10-5-6-11-20(18)16-24(29)26-15-9-3-4-14-23-27-21-12-7-8-13-22(21)28(23)17-19(2)25/h5-8,10-13H,2-4,9,14-17H2,1H3,(H,26,29). The molecule has 0 saturated carbocycles. The number of nitrogens with zero attached hydrogens (tertiary/aromatic N) is 2. The highest BCUT2D eigenvalue weighted by molar-refractivity contribution is 9.11. The van der Waals surface area contributed by atoms with Crippen LogP contribution in [0.5, 0.6) is 0 Å². The molecule has 1 heterocycles. The van der Waals surface area contributed by atoms with Crippen LogP contribution in [-0.4, -0.2) is 22.0 Å². The molecule has 1 aromatic heterocycles. The highest BCUT2D eigenvalue weighted by atomic mass is 79.9. The van der Waals surface area contributed by atoms with Gasteiger partial charge in [0.05, 0.1) is 24.0 Å². The van der Waals surface area contributed by atoms with E-state index >= 15 is 0 Å². The monoisotopic (exact) mass is 453 g/mol. The molecule has 29 heavy (non-hydrogen) atoms. The van der Waals surface area contributed by atoms with Crippen molar-refractivity contribution in [1.82, 2.24) is 14.9 Å². The summed E-state index contributed by atoms with van der Waals surface area (Å²) in [6.45, 7) is 7.47. The number of imidazole rings is 1. The maximum atomic E-state index is 12.1. The Bertz CT molecular complexity index is 993. The van der Waals surface area contributed by atoms with Gasteiger partial charge < -0.3 is 9.88 Å². The summed E-state index contributed by atoms with van der Waals surface area (Å²) in [7, 11) is 0. The molecule has 0 aliphatic rings. The third kappa shape index (κ3) is 6.04. The van der Waals surface area contributed by atoms with Crippen LogP contribution in [0, 0.1) is 6.92 Å². The normalized spacial score (nSPS) is 11.0. The molecule has 4 nitrogen and oxygen atoms in total. The van der Waals surface area contributed by atoms with E-state index in [4.69, 9.17) is 4.98 Å². The Morgan fingerprint density at radius 2 is 1.86 bits per heavy atom. The van der Waals surface area contributed by atoms with Gasteiger partial charge >= 0.3 is 0 Å². The van der Waals surface area contributed by atoms with E-state index in [2.05, 4.69) is 44.5 Å². The number of hydrogen-bond acceptors (Lipinski definition) is 2. The lowest BCUT2D eigenvalue weighted by atomic mass is 10.1. The van der Waals surface area contributed by atoms with Crippen LogP contribution in [0.4, 0.5) is 0 Å². The smallest absolute Gasteiger partial charge is 0.224 e. The van der Waals surface area contributed by atoms with Gasteiger partial charge in [-0.05, 0) is 43.0 Å². The Balaban J connectivity index is 1.43. The molecule has 0 radical (unpaired) electrons. The lowest BCUT2D eigenvalue weighted by Crippen LogP contribution is -2.26. The van der Waals surface area contributed by atoms with E-state index in [0.29, 0.717) is 6.42 Å². The van der Waals surface area contributed by atoms with E-state index in [1.807, 2.05) is 43.3 Å². The lowest BCUT2D eigenvalue weighted by Gasteiger charge is -2.09. The minimum Gasteiger partial charge on any atom is -0.356 e. The van der Waals surface area contributed by atoms with Crippen LogP contribution in [0.15, 0.2) is 59.6 Å². The highest BCUT2D eigenvalue weighted by Crippen LogP contribution is 2.20. The molecular formula is C24H28BrN3O. The van der Waals surface area contributed by atoms with Crippen LogP contribution >= 0.6 is 15.9 Å². The molecule has 1 N–H and O–H groups in total. The summed E-state index contributed by atoms with van der Waals surface area (Å²) in [6, 6.07) is 16.3. The lowest BCUT2D eigenvalue weighted by molar-refractivity contribution is -0.120. The number of rotatable bonds is 10. The van der Waals surface area contributed by atoms with E-state index < -0.39 is 0 Å².